The summed E-state index contributed by atoms with van der Waals surface area (Å²) >= 11 is 12.2. The van der Waals surface area contributed by atoms with Crippen LogP contribution in [0.25, 0.3) is 5.69 Å². The van der Waals surface area contributed by atoms with Gasteiger partial charge in [-0.05, 0) is 31.2 Å². The molecule has 0 unspecified atom stereocenters. The van der Waals surface area contributed by atoms with Crippen LogP contribution in [-0.2, 0) is 0 Å². The maximum Gasteiger partial charge on any atom is 0.286 e. The van der Waals surface area contributed by atoms with Gasteiger partial charge in [-0.3, -0.25) is 4.79 Å². The zero-order valence-corrected chi connectivity index (χ0v) is 15.5. The summed E-state index contributed by atoms with van der Waals surface area (Å²) in [6.07, 6.45) is 0. The minimum atomic E-state index is -0.659. The molecular weight excluding hydrogens is 387 g/mol. The van der Waals surface area contributed by atoms with E-state index < -0.39 is 11.4 Å². The molecule has 1 aromatic heterocycles. The number of nitrogens with zero attached hydrogens (tertiary/aromatic N) is 4. The van der Waals surface area contributed by atoms with Gasteiger partial charge in [-0.2, -0.15) is 5.26 Å². The maximum absolute atomic E-state index is 13.0. The first-order valence-corrected chi connectivity index (χ1v) is 8.51. The van der Waals surface area contributed by atoms with Crippen LogP contribution in [0.5, 0.6) is 5.88 Å². The van der Waals surface area contributed by atoms with E-state index >= 15 is 0 Å². The molecule has 0 bridgehead atoms. The van der Waals surface area contributed by atoms with Gasteiger partial charge < -0.3 is 5.11 Å². The van der Waals surface area contributed by atoms with Crippen molar-refractivity contribution >= 4 is 34.6 Å². The van der Waals surface area contributed by atoms with E-state index in [0.717, 1.165) is 4.57 Å². The molecule has 1 N–H and O–H groups in total. The van der Waals surface area contributed by atoms with Crippen LogP contribution < -0.4 is 5.56 Å². The molecule has 0 aliphatic rings. The number of rotatable bonds is 3. The third kappa shape index (κ3) is 3.43. The second-order valence-corrected chi connectivity index (χ2v) is 6.34. The summed E-state index contributed by atoms with van der Waals surface area (Å²) in [5.74, 6) is -0.509. The van der Waals surface area contributed by atoms with Gasteiger partial charge in [0.1, 0.15) is 17.3 Å². The SMILES string of the molecule is Cc1c(C#N)c(O)n(-c2ccccc2Cl)c(=O)c1N=Nc1ccccc1Cl. The molecule has 0 aliphatic carbocycles. The summed E-state index contributed by atoms with van der Waals surface area (Å²) in [4.78, 5) is 13.0. The Hall–Kier alpha value is -3.14. The number of azo groups is 1. The molecule has 134 valence electrons. The molecule has 27 heavy (non-hydrogen) atoms. The van der Waals surface area contributed by atoms with E-state index in [1.807, 2.05) is 6.07 Å². The van der Waals surface area contributed by atoms with Crippen molar-refractivity contribution in [2.75, 3.05) is 0 Å². The number of aromatic nitrogens is 1. The van der Waals surface area contributed by atoms with E-state index in [1.54, 1.807) is 48.5 Å². The van der Waals surface area contributed by atoms with Gasteiger partial charge in [-0.25, -0.2) is 4.57 Å². The Balaban J connectivity index is 2.29. The lowest BCUT2D eigenvalue weighted by Crippen LogP contribution is -2.20. The molecule has 0 spiro atoms. The largest absolute Gasteiger partial charge is 0.493 e. The molecule has 8 heteroatoms. The number of pyridine rings is 1. The van der Waals surface area contributed by atoms with Crippen molar-refractivity contribution in [1.29, 1.82) is 5.26 Å². The highest BCUT2D eigenvalue weighted by molar-refractivity contribution is 6.33. The molecule has 0 amide bonds. The summed E-state index contributed by atoms with van der Waals surface area (Å²) in [6.45, 7) is 1.51. The quantitative estimate of drug-likeness (QED) is 0.594. The number of nitriles is 1. The van der Waals surface area contributed by atoms with Crippen molar-refractivity contribution in [2.24, 2.45) is 10.2 Å². The molecule has 0 aliphatic heterocycles. The lowest BCUT2D eigenvalue weighted by Gasteiger charge is -2.14. The average molecular weight is 399 g/mol. The highest BCUT2D eigenvalue weighted by atomic mass is 35.5. The lowest BCUT2D eigenvalue weighted by molar-refractivity contribution is 0.433. The van der Waals surface area contributed by atoms with Gasteiger partial charge in [0.15, 0.2) is 5.69 Å². The van der Waals surface area contributed by atoms with Gasteiger partial charge >= 0.3 is 0 Å². The van der Waals surface area contributed by atoms with Gasteiger partial charge in [0, 0.05) is 5.56 Å². The van der Waals surface area contributed by atoms with Crippen LogP contribution in [0.15, 0.2) is 63.6 Å². The van der Waals surface area contributed by atoms with Crippen LogP contribution in [0.4, 0.5) is 11.4 Å². The fourth-order valence-corrected chi connectivity index (χ4v) is 2.90. The van der Waals surface area contributed by atoms with Crippen LogP contribution in [0.1, 0.15) is 11.1 Å². The predicted molar refractivity (Wildman–Crippen MR) is 104 cm³/mol. The maximum atomic E-state index is 13.0. The van der Waals surface area contributed by atoms with Gasteiger partial charge in [0.25, 0.3) is 5.56 Å². The van der Waals surface area contributed by atoms with Gasteiger partial charge in [0.2, 0.25) is 5.88 Å². The third-order valence-corrected chi connectivity index (χ3v) is 4.53. The van der Waals surface area contributed by atoms with Crippen LogP contribution in [-0.4, -0.2) is 9.67 Å². The number of hydrogen-bond acceptors (Lipinski definition) is 5. The topological polar surface area (TPSA) is 90.7 Å². The second-order valence-electron chi connectivity index (χ2n) is 5.53. The Kier molecular flexibility index (Phi) is 5.26. The van der Waals surface area contributed by atoms with Crippen LogP contribution in [0.3, 0.4) is 0 Å². The predicted octanol–water partition coefficient (Wildman–Crippen LogP) is 5.45. The summed E-state index contributed by atoms with van der Waals surface area (Å²) in [7, 11) is 0. The highest BCUT2D eigenvalue weighted by Gasteiger charge is 2.21. The normalized spacial score (nSPS) is 10.9. The third-order valence-electron chi connectivity index (χ3n) is 3.89. The van der Waals surface area contributed by atoms with Crippen molar-refractivity contribution in [2.45, 2.75) is 6.92 Å². The molecule has 0 saturated heterocycles. The van der Waals surface area contributed by atoms with Crippen molar-refractivity contribution in [1.82, 2.24) is 4.57 Å². The molecule has 0 atom stereocenters. The van der Waals surface area contributed by atoms with E-state index in [-0.39, 0.29) is 27.5 Å². The number of halogens is 2. The van der Waals surface area contributed by atoms with Crippen molar-refractivity contribution in [3.63, 3.8) is 0 Å². The van der Waals surface area contributed by atoms with E-state index in [9.17, 15) is 15.2 Å². The van der Waals surface area contributed by atoms with Crippen LogP contribution >= 0.6 is 23.2 Å². The molecule has 0 saturated carbocycles. The molecule has 3 aromatic rings. The van der Waals surface area contributed by atoms with Gasteiger partial charge in [0.05, 0.1) is 15.7 Å². The molecule has 2 aromatic carbocycles. The number of hydrogen-bond donors (Lipinski definition) is 1. The Labute approximate surface area is 164 Å². The average Bonchev–Trinajstić information content (AvgIpc) is 2.65. The smallest absolute Gasteiger partial charge is 0.286 e. The van der Waals surface area contributed by atoms with Crippen LogP contribution in [0, 0.1) is 18.3 Å². The molecule has 3 rings (SSSR count). The van der Waals surface area contributed by atoms with Crippen molar-refractivity contribution in [3.05, 3.63) is 80.1 Å². The zero-order chi connectivity index (χ0) is 19.6. The summed E-state index contributed by atoms with van der Waals surface area (Å²) in [5.41, 5.74) is -0.0416. The zero-order valence-electron chi connectivity index (χ0n) is 14.0. The Morgan fingerprint density at radius 3 is 2.30 bits per heavy atom. The lowest BCUT2D eigenvalue weighted by atomic mass is 10.1. The minimum Gasteiger partial charge on any atom is -0.493 e. The molecule has 1 heterocycles. The first kappa shape index (κ1) is 18.6. The fourth-order valence-electron chi connectivity index (χ4n) is 2.51. The molecule has 0 fully saturated rings. The number of benzene rings is 2. The number of aromatic hydroxyl groups is 1. The Morgan fingerprint density at radius 1 is 1.04 bits per heavy atom. The molecular formula is C19H12Cl2N4O2. The first-order valence-electron chi connectivity index (χ1n) is 7.75. The summed E-state index contributed by atoms with van der Waals surface area (Å²) in [5, 5.41) is 28.5. The van der Waals surface area contributed by atoms with E-state index in [0.29, 0.717) is 10.7 Å². The minimum absolute atomic E-state index is 0.0933. The highest BCUT2D eigenvalue weighted by Crippen LogP contribution is 2.32. The van der Waals surface area contributed by atoms with Crippen molar-refractivity contribution in [3.8, 4) is 17.6 Å². The first-order chi connectivity index (χ1) is 13.0. The summed E-state index contributed by atoms with van der Waals surface area (Å²) in [6, 6.07) is 15.1. The monoisotopic (exact) mass is 398 g/mol. The van der Waals surface area contributed by atoms with Crippen LogP contribution in [0.2, 0.25) is 10.0 Å². The Bertz CT molecular complexity index is 1160. The van der Waals surface area contributed by atoms with Gasteiger partial charge in [-0.15, -0.1) is 10.2 Å². The number of para-hydroxylation sites is 1. The fraction of sp³-hybridized carbons (Fsp3) is 0.0526. The standard InChI is InChI=1S/C19H12Cl2N4O2/c1-11-12(10-22)18(26)25(16-9-5-3-7-14(16)21)19(27)17(11)24-23-15-8-4-2-6-13(15)20/h2-9,26H,1H3. The Morgan fingerprint density at radius 2 is 1.67 bits per heavy atom. The van der Waals surface area contributed by atoms with E-state index in [1.165, 1.54) is 6.92 Å². The second kappa shape index (κ2) is 7.62. The summed E-state index contributed by atoms with van der Waals surface area (Å²) < 4.78 is 0.939. The van der Waals surface area contributed by atoms with Crippen molar-refractivity contribution < 1.29 is 5.11 Å². The van der Waals surface area contributed by atoms with E-state index in [2.05, 4.69) is 10.2 Å². The van der Waals surface area contributed by atoms with Gasteiger partial charge in [-0.1, -0.05) is 47.5 Å². The van der Waals surface area contributed by atoms with E-state index in [4.69, 9.17) is 23.2 Å². The molecule has 6 nitrogen and oxygen atoms in total. The molecule has 0 radical (unpaired) electrons.